The predicted molar refractivity (Wildman–Crippen MR) is 89.0 cm³/mol. The summed E-state index contributed by atoms with van der Waals surface area (Å²) >= 11 is 14.4. The molecule has 0 bridgehead atoms. The van der Waals surface area contributed by atoms with Gasteiger partial charge in [0, 0.05) is 5.56 Å². The van der Waals surface area contributed by atoms with Gasteiger partial charge in [-0.15, -0.1) is 22.7 Å². The Bertz CT molecular complexity index is 872. The molecule has 7 heteroatoms. The Labute approximate surface area is 138 Å². The summed E-state index contributed by atoms with van der Waals surface area (Å²) in [5.41, 5.74) is 1.22. The second kappa shape index (κ2) is 5.66. The van der Waals surface area contributed by atoms with Gasteiger partial charge in [-0.1, -0.05) is 35.3 Å². The molecule has 0 aliphatic carbocycles. The molecular formula is C14H6Cl2N2OS2. The number of rotatable bonds is 2. The molecule has 0 aliphatic heterocycles. The molecule has 0 atom stereocenters. The van der Waals surface area contributed by atoms with Crippen molar-refractivity contribution in [1.29, 1.82) is 5.26 Å². The van der Waals surface area contributed by atoms with Gasteiger partial charge in [-0.3, -0.25) is 0 Å². The SMILES string of the molecule is N#CC(=C(O)c1cc(Cl)sc1Cl)c1nc2ccccc2s1. The number of halogens is 2. The van der Waals surface area contributed by atoms with Gasteiger partial charge >= 0.3 is 0 Å². The molecule has 104 valence electrons. The first-order chi connectivity index (χ1) is 10.1. The van der Waals surface area contributed by atoms with Gasteiger partial charge in [-0.2, -0.15) is 5.26 Å². The maximum Gasteiger partial charge on any atom is 0.146 e. The van der Waals surface area contributed by atoms with E-state index in [1.54, 1.807) is 0 Å². The van der Waals surface area contributed by atoms with Gasteiger partial charge in [-0.25, -0.2) is 4.98 Å². The number of aliphatic hydroxyl groups is 1. The molecule has 3 nitrogen and oxygen atoms in total. The van der Waals surface area contributed by atoms with Crippen molar-refractivity contribution in [2.75, 3.05) is 0 Å². The largest absolute Gasteiger partial charge is 0.506 e. The highest BCUT2D eigenvalue weighted by molar-refractivity contribution is 7.20. The molecule has 1 aromatic carbocycles. The zero-order valence-electron chi connectivity index (χ0n) is 10.3. The fourth-order valence-electron chi connectivity index (χ4n) is 1.82. The molecule has 0 aliphatic rings. The number of allylic oxidation sites excluding steroid dienone is 1. The second-order valence-corrected chi connectivity index (χ2v) is 7.38. The van der Waals surface area contributed by atoms with Crippen LogP contribution in [0, 0.1) is 11.3 Å². The molecule has 0 spiro atoms. The fraction of sp³-hybridized carbons (Fsp3) is 0. The van der Waals surface area contributed by atoms with Crippen LogP contribution in [0.25, 0.3) is 21.5 Å². The standard InChI is InChI=1S/C14H6Cl2N2OS2/c15-11-5-7(13(16)21-11)12(19)8(6-17)14-18-9-3-1-2-4-10(9)20-14/h1-5,19H. The molecule has 2 heterocycles. The number of para-hydroxylation sites is 1. The molecule has 21 heavy (non-hydrogen) atoms. The van der Waals surface area contributed by atoms with E-state index in [1.807, 2.05) is 30.3 Å². The van der Waals surface area contributed by atoms with Crippen molar-refractivity contribution in [2.24, 2.45) is 0 Å². The molecule has 3 rings (SSSR count). The van der Waals surface area contributed by atoms with Crippen molar-refractivity contribution >= 4 is 67.4 Å². The summed E-state index contributed by atoms with van der Waals surface area (Å²) in [6, 6.07) is 11.1. The first kappa shape index (κ1) is 14.4. The van der Waals surface area contributed by atoms with E-state index in [-0.39, 0.29) is 11.3 Å². The average molecular weight is 353 g/mol. The van der Waals surface area contributed by atoms with Crippen molar-refractivity contribution in [3.63, 3.8) is 0 Å². The summed E-state index contributed by atoms with van der Waals surface area (Å²) in [4.78, 5) is 4.37. The van der Waals surface area contributed by atoms with Crippen molar-refractivity contribution in [3.8, 4) is 6.07 Å². The van der Waals surface area contributed by atoms with Gasteiger partial charge in [0.25, 0.3) is 0 Å². The molecular weight excluding hydrogens is 347 g/mol. The van der Waals surface area contributed by atoms with Crippen molar-refractivity contribution in [1.82, 2.24) is 4.98 Å². The lowest BCUT2D eigenvalue weighted by molar-refractivity contribution is 0.514. The highest BCUT2D eigenvalue weighted by Gasteiger charge is 2.18. The van der Waals surface area contributed by atoms with Crippen LogP contribution in [0.5, 0.6) is 0 Å². The minimum Gasteiger partial charge on any atom is -0.506 e. The third kappa shape index (κ3) is 2.63. The van der Waals surface area contributed by atoms with Gasteiger partial charge in [0.2, 0.25) is 0 Å². The predicted octanol–water partition coefficient (Wildman–Crippen LogP) is 5.61. The van der Waals surface area contributed by atoms with Crippen LogP contribution >= 0.6 is 45.9 Å². The molecule has 0 unspecified atom stereocenters. The minimum atomic E-state index is -0.204. The first-order valence-electron chi connectivity index (χ1n) is 5.74. The third-order valence-corrected chi connectivity index (χ3v) is 5.31. The number of fused-ring (bicyclic) bond motifs is 1. The molecule has 1 N–H and O–H groups in total. The smallest absolute Gasteiger partial charge is 0.146 e. The van der Waals surface area contributed by atoms with Gasteiger partial charge in [-0.05, 0) is 18.2 Å². The summed E-state index contributed by atoms with van der Waals surface area (Å²) in [7, 11) is 0. The van der Waals surface area contributed by atoms with E-state index < -0.39 is 0 Å². The van der Waals surface area contributed by atoms with E-state index in [0.29, 0.717) is 19.2 Å². The van der Waals surface area contributed by atoms with Crippen LogP contribution in [0.1, 0.15) is 10.6 Å². The summed E-state index contributed by atoms with van der Waals surface area (Å²) < 4.78 is 1.73. The number of hydrogen-bond acceptors (Lipinski definition) is 5. The highest BCUT2D eigenvalue weighted by Crippen LogP contribution is 2.38. The lowest BCUT2D eigenvalue weighted by Crippen LogP contribution is -1.88. The minimum absolute atomic E-state index is 0.0903. The normalized spacial score (nSPS) is 12.2. The van der Waals surface area contributed by atoms with Crippen LogP contribution in [0.4, 0.5) is 0 Å². The Morgan fingerprint density at radius 1 is 1.24 bits per heavy atom. The molecule has 0 fully saturated rings. The quantitative estimate of drug-likeness (QED) is 0.481. The van der Waals surface area contributed by atoms with Gasteiger partial charge in [0.1, 0.15) is 26.7 Å². The monoisotopic (exact) mass is 352 g/mol. The van der Waals surface area contributed by atoms with E-state index in [9.17, 15) is 10.4 Å². The van der Waals surface area contributed by atoms with Crippen LogP contribution < -0.4 is 0 Å². The molecule has 0 saturated heterocycles. The first-order valence-corrected chi connectivity index (χ1v) is 8.13. The van der Waals surface area contributed by atoms with Crippen molar-refractivity contribution < 1.29 is 5.11 Å². The topological polar surface area (TPSA) is 56.9 Å². The van der Waals surface area contributed by atoms with E-state index >= 15 is 0 Å². The Kier molecular flexibility index (Phi) is 3.87. The zero-order chi connectivity index (χ0) is 15.0. The molecule has 0 radical (unpaired) electrons. The number of aromatic nitrogens is 1. The molecule has 3 aromatic rings. The van der Waals surface area contributed by atoms with Crippen LogP contribution in [0.2, 0.25) is 8.67 Å². The van der Waals surface area contributed by atoms with Crippen LogP contribution in [-0.2, 0) is 0 Å². The maximum atomic E-state index is 10.3. The van der Waals surface area contributed by atoms with Crippen molar-refractivity contribution in [3.05, 3.63) is 49.6 Å². The maximum absolute atomic E-state index is 10.3. The Balaban J connectivity index is 2.19. The number of nitrogens with zero attached hydrogens (tertiary/aromatic N) is 2. The van der Waals surface area contributed by atoms with Crippen LogP contribution in [0.3, 0.4) is 0 Å². The Morgan fingerprint density at radius 2 is 2.00 bits per heavy atom. The fourth-order valence-corrected chi connectivity index (χ4v) is 4.25. The van der Waals surface area contributed by atoms with Gasteiger partial charge < -0.3 is 5.11 Å². The average Bonchev–Trinajstić information content (AvgIpc) is 3.02. The van der Waals surface area contributed by atoms with E-state index in [1.165, 1.54) is 17.4 Å². The van der Waals surface area contributed by atoms with E-state index in [2.05, 4.69) is 4.98 Å². The van der Waals surface area contributed by atoms with Crippen LogP contribution in [0.15, 0.2) is 30.3 Å². The zero-order valence-corrected chi connectivity index (χ0v) is 13.4. The van der Waals surface area contributed by atoms with E-state index in [0.717, 1.165) is 21.6 Å². The van der Waals surface area contributed by atoms with Crippen molar-refractivity contribution in [2.45, 2.75) is 0 Å². The number of nitriles is 1. The number of thiophene rings is 1. The summed E-state index contributed by atoms with van der Waals surface area (Å²) in [6.07, 6.45) is 0. The molecule has 0 amide bonds. The summed E-state index contributed by atoms with van der Waals surface area (Å²) in [6.45, 7) is 0. The third-order valence-electron chi connectivity index (χ3n) is 2.77. The highest BCUT2D eigenvalue weighted by atomic mass is 35.5. The Morgan fingerprint density at radius 3 is 2.62 bits per heavy atom. The van der Waals surface area contributed by atoms with Gasteiger partial charge in [0.15, 0.2) is 0 Å². The second-order valence-electron chi connectivity index (χ2n) is 4.06. The Hall–Kier alpha value is -1.58. The summed E-state index contributed by atoms with van der Waals surface area (Å²) in [5, 5.41) is 20.2. The molecule has 2 aromatic heterocycles. The van der Waals surface area contributed by atoms with Gasteiger partial charge in [0.05, 0.1) is 14.6 Å². The summed E-state index contributed by atoms with van der Waals surface area (Å²) in [5.74, 6) is -0.204. The number of thiazole rings is 1. The lowest BCUT2D eigenvalue weighted by Gasteiger charge is -2.00. The van der Waals surface area contributed by atoms with E-state index in [4.69, 9.17) is 23.2 Å². The lowest BCUT2D eigenvalue weighted by atomic mass is 10.2. The number of hydrogen-bond donors (Lipinski definition) is 1. The number of benzene rings is 1. The number of aliphatic hydroxyl groups excluding tert-OH is 1. The van der Waals surface area contributed by atoms with Crippen LogP contribution in [-0.4, -0.2) is 10.1 Å². The molecule has 0 saturated carbocycles.